The van der Waals surface area contributed by atoms with Gasteiger partial charge in [0.15, 0.2) is 0 Å². The van der Waals surface area contributed by atoms with Crippen LogP contribution in [-0.2, 0) is 32.4 Å². The minimum absolute atomic E-state index is 0.0347. The average molecular weight is 817 g/mol. The summed E-state index contributed by atoms with van der Waals surface area (Å²) in [6, 6.07) is 13.9. The van der Waals surface area contributed by atoms with Gasteiger partial charge in [-0.3, -0.25) is 0 Å². The number of likely N-dealkylation sites (N-methyl/N-ethyl adjacent to an activating group) is 1. The van der Waals surface area contributed by atoms with Gasteiger partial charge < -0.3 is 0 Å². The Labute approximate surface area is 251 Å². The second kappa shape index (κ2) is 16.0. The third kappa shape index (κ3) is 10.1. The Balaban J connectivity index is 2.18. The first-order valence-electron chi connectivity index (χ1n) is 14.9. The van der Waals surface area contributed by atoms with Gasteiger partial charge in [-0.2, -0.15) is 0 Å². The van der Waals surface area contributed by atoms with Crippen LogP contribution in [-0.4, -0.2) is 59.5 Å². The van der Waals surface area contributed by atoms with Crippen LogP contribution in [0.3, 0.4) is 0 Å². The molecule has 0 atom stereocenters. The summed E-state index contributed by atoms with van der Waals surface area (Å²) in [5.74, 6) is 0.0347. The predicted molar refractivity (Wildman–Crippen MR) is 165 cm³/mol. The zero-order valence-corrected chi connectivity index (χ0v) is 34.3. The summed E-state index contributed by atoms with van der Waals surface area (Å²) in [4.78, 5) is 15.6. The van der Waals surface area contributed by atoms with E-state index in [1.54, 1.807) is 6.14 Å². The molecule has 0 amide bonds. The number of anilines is 1. The van der Waals surface area contributed by atoms with E-state index in [0.29, 0.717) is 11.0 Å². The van der Waals surface area contributed by atoms with Crippen molar-refractivity contribution < 1.29 is 32.4 Å². The van der Waals surface area contributed by atoms with Gasteiger partial charge in [-0.15, -0.1) is 0 Å². The average Bonchev–Trinajstić information content (AvgIpc) is 2.86. The van der Waals surface area contributed by atoms with Crippen molar-refractivity contribution in [3.05, 3.63) is 47.5 Å². The van der Waals surface area contributed by atoms with E-state index in [1.807, 2.05) is 0 Å². The van der Waals surface area contributed by atoms with Gasteiger partial charge in [0.25, 0.3) is 0 Å². The zero-order valence-electron chi connectivity index (χ0n) is 26.0. The molecule has 2 aromatic carbocycles. The molecular formula is C32H53HgN2O2Sn+. The van der Waals surface area contributed by atoms with Gasteiger partial charge in [0.2, 0.25) is 0 Å². The molecular weight excluding hydrogens is 764 g/mol. The van der Waals surface area contributed by atoms with Gasteiger partial charge in [0, 0.05) is 0 Å². The molecule has 0 unspecified atom stereocenters. The van der Waals surface area contributed by atoms with Crippen LogP contribution < -0.4 is 15.5 Å². The Hall–Kier alpha value is -0.596. The van der Waals surface area contributed by atoms with Crippen LogP contribution in [0.2, 0.25) is 13.3 Å². The van der Waals surface area contributed by atoms with E-state index < -0.39 is 43.4 Å². The molecule has 4 nitrogen and oxygen atoms in total. The van der Waals surface area contributed by atoms with Crippen LogP contribution in [0.5, 0.6) is 0 Å². The molecule has 0 heterocycles. The van der Waals surface area contributed by atoms with Crippen LogP contribution >= 0.6 is 0 Å². The van der Waals surface area contributed by atoms with Crippen molar-refractivity contribution in [2.24, 2.45) is 0 Å². The third-order valence-corrected chi connectivity index (χ3v) is 29.9. The van der Waals surface area contributed by atoms with Gasteiger partial charge in [-0.1, -0.05) is 0 Å². The van der Waals surface area contributed by atoms with Crippen LogP contribution in [0, 0.1) is 13.8 Å². The number of hydrogen-bond donors (Lipinski definition) is 0. The summed E-state index contributed by atoms with van der Waals surface area (Å²) in [6.07, 6.45) is 7.18. The Morgan fingerprint density at radius 3 is 1.79 bits per heavy atom. The normalized spacial score (nSPS) is 11.8. The summed E-state index contributed by atoms with van der Waals surface area (Å²) >= 11 is -4.42. The van der Waals surface area contributed by atoms with Crippen LogP contribution in [0.1, 0.15) is 70.4 Å². The van der Waals surface area contributed by atoms with Gasteiger partial charge in [0.1, 0.15) is 0 Å². The fourth-order valence-electron chi connectivity index (χ4n) is 5.33. The fraction of sp³-hybridized carbons (Fsp3) is 0.594. The van der Waals surface area contributed by atoms with Crippen molar-refractivity contribution in [1.29, 1.82) is 0 Å². The Morgan fingerprint density at radius 2 is 1.34 bits per heavy atom. The molecule has 0 saturated carbocycles. The molecule has 0 aliphatic carbocycles. The number of carbonyl (C=O) groups excluding carboxylic acids is 1. The third-order valence-electron chi connectivity index (χ3n) is 8.06. The summed E-state index contributed by atoms with van der Waals surface area (Å²) < 4.78 is 13.9. The predicted octanol–water partition coefficient (Wildman–Crippen LogP) is 6.86. The van der Waals surface area contributed by atoms with Gasteiger partial charge >= 0.3 is 253 Å². The zero-order chi connectivity index (χ0) is 28.3. The monoisotopic (exact) mass is 819 g/mol. The SMILES string of the molecule is CCC[CH2][Sn]([CH2]CCC)([CH2]CCC)[O]C(=O)C[N+](C)(C)c1cc[c]([Hg][c]2ccc(N(C)C)cc2C)c(C)c1. The molecule has 6 heteroatoms. The standard InChI is InChI=1S/C11H14NO2.C9H12N.3C4H9.Hg.Sn/c1-9-5-4-6-10(7-9)12(2,3)8-11(13)14;1-8-5-4-6-9(7-8)10(2)3;3*1-3-4-2;;/h4,6-7H,8H2,1-3H3;4,6-7H,1-3H3;3*1,3-4H2,2H3;;/q;;;;;;+1. The second-order valence-corrected chi connectivity index (χ2v) is 31.0. The van der Waals surface area contributed by atoms with Crippen molar-refractivity contribution in [1.82, 2.24) is 4.48 Å². The molecule has 0 bridgehead atoms. The maximum absolute atomic E-state index is 13.5. The number of hydrogen-bond acceptors (Lipinski definition) is 3. The van der Waals surface area contributed by atoms with Gasteiger partial charge in [-0.05, 0) is 0 Å². The Bertz CT molecular complexity index is 1020. The molecule has 0 aromatic heterocycles. The summed E-state index contributed by atoms with van der Waals surface area (Å²) in [6.45, 7) is 11.7. The molecule has 0 aliphatic rings. The number of carbonyl (C=O) groups is 1. The van der Waals surface area contributed by atoms with Crippen molar-refractivity contribution >= 4 is 42.3 Å². The van der Waals surface area contributed by atoms with Crippen LogP contribution in [0.25, 0.3) is 0 Å². The molecule has 0 saturated heterocycles. The molecule has 0 fully saturated rings. The quantitative estimate of drug-likeness (QED) is 0.137. The Kier molecular flexibility index (Phi) is 14.2. The molecule has 2 rings (SSSR count). The molecule has 0 aliphatic heterocycles. The Morgan fingerprint density at radius 1 is 0.842 bits per heavy atom. The maximum atomic E-state index is 13.5. The summed E-state index contributed by atoms with van der Waals surface area (Å²) in [5, 5.41) is 0. The molecule has 0 N–H and O–H groups in total. The molecule has 38 heavy (non-hydrogen) atoms. The first kappa shape index (κ1) is 33.6. The minimum atomic E-state index is -2.96. The number of rotatable bonds is 16. The topological polar surface area (TPSA) is 29.5 Å². The molecule has 208 valence electrons. The number of benzene rings is 2. The first-order valence-corrected chi connectivity index (χ1v) is 27.6. The first-order chi connectivity index (χ1) is 18.0. The number of aryl methyl sites for hydroxylation is 2. The van der Waals surface area contributed by atoms with Gasteiger partial charge in [-0.25, -0.2) is 0 Å². The second-order valence-electron chi connectivity index (χ2n) is 12.1. The summed E-state index contributed by atoms with van der Waals surface area (Å²) in [5.41, 5.74) is 5.27. The fourth-order valence-corrected chi connectivity index (χ4v) is 24.8. The van der Waals surface area contributed by atoms with Crippen molar-refractivity contribution in [2.45, 2.75) is 86.5 Å². The number of unbranched alkanes of at least 4 members (excludes halogenated alkanes) is 3. The van der Waals surface area contributed by atoms with E-state index >= 15 is 0 Å². The van der Waals surface area contributed by atoms with E-state index in [-0.39, 0.29) is 5.97 Å². The molecule has 0 radical (unpaired) electrons. The van der Waals surface area contributed by atoms with Crippen LogP contribution in [0.4, 0.5) is 11.4 Å². The number of nitrogens with zero attached hydrogens (tertiary/aromatic N) is 2. The summed E-state index contributed by atoms with van der Waals surface area (Å²) in [7, 11) is 8.52. The van der Waals surface area contributed by atoms with E-state index in [4.69, 9.17) is 3.07 Å². The molecule has 0 spiro atoms. The number of quaternary nitrogens is 1. The van der Waals surface area contributed by atoms with E-state index in [0.717, 1.165) is 0 Å². The molecule has 2 aromatic rings. The van der Waals surface area contributed by atoms with E-state index in [1.165, 1.54) is 74.3 Å². The van der Waals surface area contributed by atoms with Crippen molar-refractivity contribution in [3.8, 4) is 0 Å². The van der Waals surface area contributed by atoms with Crippen LogP contribution in [0.15, 0.2) is 36.4 Å². The van der Waals surface area contributed by atoms with Crippen molar-refractivity contribution in [2.75, 3.05) is 39.6 Å². The van der Waals surface area contributed by atoms with E-state index in [2.05, 4.69) is 104 Å². The van der Waals surface area contributed by atoms with E-state index in [9.17, 15) is 4.79 Å². The van der Waals surface area contributed by atoms with Gasteiger partial charge in [0.05, 0.1) is 0 Å². The van der Waals surface area contributed by atoms with Crippen molar-refractivity contribution in [3.63, 3.8) is 0 Å².